The van der Waals surface area contributed by atoms with Gasteiger partial charge in [-0.05, 0) is 23.8 Å². The van der Waals surface area contributed by atoms with Gasteiger partial charge in [0.1, 0.15) is 6.54 Å². The number of halogens is 1. The Labute approximate surface area is 183 Å². The smallest absolute Gasteiger partial charge is 0.258 e. The van der Waals surface area contributed by atoms with Crippen molar-refractivity contribution in [3.8, 4) is 11.5 Å². The Kier molecular flexibility index (Phi) is 5.86. The van der Waals surface area contributed by atoms with Crippen molar-refractivity contribution in [3.05, 3.63) is 81.4 Å². The summed E-state index contributed by atoms with van der Waals surface area (Å²) in [5.41, 5.74) is 1.73. The molecule has 0 aliphatic carbocycles. The lowest BCUT2D eigenvalue weighted by atomic mass is 10.1. The number of carbonyl (C=O) groups is 1. The molecule has 1 N–H and O–H groups in total. The van der Waals surface area contributed by atoms with Crippen molar-refractivity contribution in [1.29, 1.82) is 0 Å². The first-order valence-electron chi connectivity index (χ1n) is 9.90. The number of hydrogen-bond acceptors (Lipinski definition) is 5. The maximum Gasteiger partial charge on any atom is 0.258 e. The molecule has 0 saturated heterocycles. The average molecular weight is 437 g/mol. The van der Waals surface area contributed by atoms with E-state index in [0.717, 1.165) is 10.9 Å². The molecule has 0 saturated carbocycles. The van der Waals surface area contributed by atoms with E-state index in [1.54, 1.807) is 18.2 Å². The predicted molar refractivity (Wildman–Crippen MR) is 119 cm³/mol. The highest BCUT2D eigenvalue weighted by molar-refractivity contribution is 6.30. The Bertz CT molecular complexity index is 1310. The molecule has 4 rings (SSSR count). The molecule has 31 heavy (non-hydrogen) atoms. The summed E-state index contributed by atoms with van der Waals surface area (Å²) in [6, 6.07) is 16.0. The summed E-state index contributed by atoms with van der Waals surface area (Å²) in [4.78, 5) is 29.9. The fourth-order valence-corrected chi connectivity index (χ4v) is 3.51. The van der Waals surface area contributed by atoms with Crippen LogP contribution in [-0.4, -0.2) is 20.6 Å². The zero-order valence-corrected chi connectivity index (χ0v) is 17.9. The van der Waals surface area contributed by atoms with Gasteiger partial charge in [-0.3, -0.25) is 14.2 Å². The van der Waals surface area contributed by atoms with Crippen molar-refractivity contribution in [2.75, 3.05) is 0 Å². The summed E-state index contributed by atoms with van der Waals surface area (Å²) in [6.07, 6.45) is 0. The molecule has 7 nitrogen and oxygen atoms in total. The average Bonchev–Trinajstić information content (AvgIpc) is 3.25. The van der Waals surface area contributed by atoms with Crippen LogP contribution >= 0.6 is 11.6 Å². The van der Waals surface area contributed by atoms with E-state index in [1.807, 2.05) is 44.2 Å². The van der Waals surface area contributed by atoms with Crippen molar-refractivity contribution >= 4 is 28.4 Å². The van der Waals surface area contributed by atoms with Crippen molar-refractivity contribution in [2.24, 2.45) is 0 Å². The quantitative estimate of drug-likeness (QED) is 0.490. The maximum atomic E-state index is 12.9. The van der Waals surface area contributed by atoms with E-state index in [1.165, 1.54) is 10.6 Å². The normalized spacial score (nSPS) is 11.2. The van der Waals surface area contributed by atoms with Gasteiger partial charge in [-0.2, -0.15) is 4.98 Å². The molecular formula is C23H21ClN4O3. The van der Waals surface area contributed by atoms with Crippen molar-refractivity contribution in [3.63, 3.8) is 0 Å². The number of nitrogens with one attached hydrogen (secondary N) is 1. The van der Waals surface area contributed by atoms with Crippen LogP contribution in [-0.2, 0) is 17.9 Å². The van der Waals surface area contributed by atoms with E-state index in [-0.39, 0.29) is 29.8 Å². The Morgan fingerprint density at radius 3 is 2.71 bits per heavy atom. The summed E-state index contributed by atoms with van der Waals surface area (Å²) >= 11 is 5.98. The van der Waals surface area contributed by atoms with Gasteiger partial charge in [0.15, 0.2) is 5.82 Å². The van der Waals surface area contributed by atoms with Gasteiger partial charge in [0.2, 0.25) is 5.91 Å². The van der Waals surface area contributed by atoms with E-state index in [4.69, 9.17) is 16.1 Å². The summed E-state index contributed by atoms with van der Waals surface area (Å²) in [5.74, 6) is 0.686. The molecule has 2 aromatic carbocycles. The summed E-state index contributed by atoms with van der Waals surface area (Å²) in [6.45, 7) is 4.14. The number of amides is 1. The number of nitrogens with zero attached hydrogens (tertiary/aromatic N) is 3. The number of benzene rings is 2. The summed E-state index contributed by atoms with van der Waals surface area (Å²) < 4.78 is 6.83. The van der Waals surface area contributed by atoms with Gasteiger partial charge in [0.25, 0.3) is 11.4 Å². The zero-order chi connectivity index (χ0) is 22.0. The second-order valence-corrected chi connectivity index (χ2v) is 7.96. The van der Waals surface area contributed by atoms with Crippen molar-refractivity contribution in [2.45, 2.75) is 32.9 Å². The van der Waals surface area contributed by atoms with Crippen LogP contribution in [0.1, 0.15) is 31.2 Å². The van der Waals surface area contributed by atoms with Gasteiger partial charge < -0.3 is 9.84 Å². The third kappa shape index (κ3) is 4.51. The van der Waals surface area contributed by atoms with Crippen LogP contribution in [0.5, 0.6) is 0 Å². The fourth-order valence-electron chi connectivity index (χ4n) is 3.30. The van der Waals surface area contributed by atoms with Crippen LogP contribution in [0.3, 0.4) is 0 Å². The Hall–Kier alpha value is -3.45. The minimum atomic E-state index is -0.323. The number of carbonyl (C=O) groups excluding carboxylic acids is 1. The molecular weight excluding hydrogens is 416 g/mol. The molecule has 0 radical (unpaired) electrons. The molecule has 0 aliphatic rings. The minimum Gasteiger partial charge on any atom is -0.350 e. The topological polar surface area (TPSA) is 90.0 Å². The fraction of sp³-hybridized carbons (Fsp3) is 0.217. The van der Waals surface area contributed by atoms with E-state index >= 15 is 0 Å². The monoisotopic (exact) mass is 436 g/mol. The largest absolute Gasteiger partial charge is 0.350 e. The summed E-state index contributed by atoms with van der Waals surface area (Å²) in [7, 11) is 0. The highest BCUT2D eigenvalue weighted by Crippen LogP contribution is 2.27. The number of fused-ring (bicyclic) bond motifs is 1. The van der Waals surface area contributed by atoms with E-state index in [2.05, 4.69) is 15.5 Å². The molecule has 158 valence electrons. The predicted octanol–water partition coefficient (Wildman–Crippen LogP) is 4.14. The SMILES string of the molecule is CC(C)c1noc(-c2cc(=O)n(CC(=O)NCc3cccc(Cl)c3)c3ccccc23)n1. The zero-order valence-electron chi connectivity index (χ0n) is 17.1. The van der Waals surface area contributed by atoms with Gasteiger partial charge in [-0.25, -0.2) is 0 Å². The first-order valence-corrected chi connectivity index (χ1v) is 10.3. The van der Waals surface area contributed by atoms with Crippen LogP contribution in [0, 0.1) is 0 Å². The van der Waals surface area contributed by atoms with Crippen molar-refractivity contribution < 1.29 is 9.32 Å². The van der Waals surface area contributed by atoms with Crippen LogP contribution in [0.2, 0.25) is 5.02 Å². The van der Waals surface area contributed by atoms with Crippen LogP contribution < -0.4 is 10.9 Å². The molecule has 0 aliphatic heterocycles. The molecule has 4 aromatic rings. The number of aromatic nitrogens is 3. The minimum absolute atomic E-state index is 0.104. The Morgan fingerprint density at radius 1 is 1.16 bits per heavy atom. The molecule has 8 heteroatoms. The third-order valence-corrected chi connectivity index (χ3v) is 5.12. The lowest BCUT2D eigenvalue weighted by Crippen LogP contribution is -2.32. The van der Waals surface area contributed by atoms with E-state index in [9.17, 15) is 9.59 Å². The van der Waals surface area contributed by atoms with E-state index < -0.39 is 0 Å². The molecule has 1 amide bonds. The lowest BCUT2D eigenvalue weighted by molar-refractivity contribution is -0.121. The van der Waals surface area contributed by atoms with Gasteiger partial charge >= 0.3 is 0 Å². The second kappa shape index (κ2) is 8.73. The Balaban J connectivity index is 1.63. The maximum absolute atomic E-state index is 12.9. The standard InChI is InChI=1S/C23H21ClN4O3/c1-14(2)22-26-23(31-27-22)18-11-21(30)28(19-9-4-3-8-17(18)19)13-20(29)25-12-15-6-5-7-16(24)10-15/h3-11,14H,12-13H2,1-2H3,(H,25,29). The molecule has 0 bridgehead atoms. The van der Waals surface area contributed by atoms with Crippen LogP contribution in [0.15, 0.2) is 63.9 Å². The number of rotatable bonds is 6. The number of para-hydroxylation sites is 1. The van der Waals surface area contributed by atoms with Gasteiger partial charge in [0.05, 0.1) is 11.1 Å². The number of hydrogen-bond donors (Lipinski definition) is 1. The first kappa shape index (κ1) is 20.8. The summed E-state index contributed by atoms with van der Waals surface area (Å²) in [5, 5.41) is 8.18. The Morgan fingerprint density at radius 2 is 1.97 bits per heavy atom. The van der Waals surface area contributed by atoms with Gasteiger partial charge in [-0.1, -0.05) is 60.9 Å². The number of pyridine rings is 1. The van der Waals surface area contributed by atoms with Crippen LogP contribution in [0.25, 0.3) is 22.4 Å². The molecule has 0 fully saturated rings. The molecule has 2 aromatic heterocycles. The molecule has 2 heterocycles. The molecule has 0 atom stereocenters. The lowest BCUT2D eigenvalue weighted by Gasteiger charge is -2.12. The van der Waals surface area contributed by atoms with Crippen molar-refractivity contribution in [1.82, 2.24) is 20.0 Å². The third-order valence-electron chi connectivity index (χ3n) is 4.89. The van der Waals surface area contributed by atoms with Gasteiger partial charge in [-0.15, -0.1) is 0 Å². The highest BCUT2D eigenvalue weighted by Gasteiger charge is 2.18. The van der Waals surface area contributed by atoms with Gasteiger partial charge in [0, 0.05) is 28.9 Å². The second-order valence-electron chi connectivity index (χ2n) is 7.52. The molecule has 0 unspecified atom stereocenters. The molecule has 0 spiro atoms. The highest BCUT2D eigenvalue weighted by atomic mass is 35.5. The first-order chi connectivity index (χ1) is 14.9. The van der Waals surface area contributed by atoms with E-state index in [0.29, 0.717) is 28.5 Å². The van der Waals surface area contributed by atoms with Crippen LogP contribution in [0.4, 0.5) is 0 Å².